The summed E-state index contributed by atoms with van der Waals surface area (Å²) < 4.78 is 0. The molecule has 3 aromatic carbocycles. The lowest BCUT2D eigenvalue weighted by Gasteiger charge is -2.21. The van der Waals surface area contributed by atoms with Gasteiger partial charge in [-0.05, 0) is 24.1 Å². The van der Waals surface area contributed by atoms with Crippen molar-refractivity contribution in [3.8, 4) is 16.9 Å². The molecule has 0 aliphatic heterocycles. The monoisotopic (exact) mass is 329 g/mol. The van der Waals surface area contributed by atoms with Crippen LogP contribution < -0.4 is 5.73 Å². The molecule has 0 heterocycles. The highest BCUT2D eigenvalue weighted by atomic mass is 16.3. The minimum atomic E-state index is -0.220. The number of nitrogen functional groups attached to an aromatic ring is 1. The van der Waals surface area contributed by atoms with Gasteiger partial charge < -0.3 is 10.8 Å². The molecule has 0 aromatic heterocycles. The van der Waals surface area contributed by atoms with E-state index in [1.807, 2.05) is 6.92 Å². The zero-order chi connectivity index (χ0) is 17.7. The first kappa shape index (κ1) is 15.1. The van der Waals surface area contributed by atoms with Crippen LogP contribution in [0, 0.1) is 6.92 Å². The zero-order valence-electron chi connectivity index (χ0n) is 13.5. The number of phenolic OH excluding ortho intramolecular Hbond substituents is 1. The van der Waals surface area contributed by atoms with Gasteiger partial charge in [0.25, 0.3) is 0 Å². The predicted molar refractivity (Wildman–Crippen MR) is 96.0 cm³/mol. The molecule has 0 saturated carbocycles. The molecular formula is C21H15NO3. The first-order valence-corrected chi connectivity index (χ1v) is 7.90. The molecular weight excluding hydrogens is 314 g/mol. The number of fused-ring (bicyclic) bond motifs is 2. The number of benzene rings is 3. The Morgan fingerprint density at radius 1 is 0.720 bits per heavy atom. The molecule has 3 aromatic rings. The van der Waals surface area contributed by atoms with E-state index < -0.39 is 0 Å². The van der Waals surface area contributed by atoms with E-state index in [9.17, 15) is 14.7 Å². The molecule has 4 rings (SSSR count). The average Bonchev–Trinajstić information content (AvgIpc) is 2.63. The van der Waals surface area contributed by atoms with Gasteiger partial charge in [-0.2, -0.15) is 0 Å². The van der Waals surface area contributed by atoms with Gasteiger partial charge in [-0.3, -0.25) is 9.59 Å². The molecule has 0 saturated heterocycles. The minimum Gasteiger partial charge on any atom is -0.505 e. The van der Waals surface area contributed by atoms with Gasteiger partial charge in [0.2, 0.25) is 0 Å². The Morgan fingerprint density at radius 3 is 2.04 bits per heavy atom. The lowest BCUT2D eigenvalue weighted by molar-refractivity contribution is 0.0979. The Bertz CT molecular complexity index is 1070. The maximum atomic E-state index is 13.1. The van der Waals surface area contributed by atoms with Crippen LogP contribution in [0.4, 0.5) is 5.69 Å². The van der Waals surface area contributed by atoms with E-state index in [1.54, 1.807) is 54.6 Å². The first-order chi connectivity index (χ1) is 12.0. The Balaban J connectivity index is 2.06. The van der Waals surface area contributed by atoms with E-state index in [0.717, 1.165) is 5.56 Å². The summed E-state index contributed by atoms with van der Waals surface area (Å²) in [6.07, 6.45) is 0. The number of hydrogen-bond donors (Lipinski definition) is 2. The summed E-state index contributed by atoms with van der Waals surface area (Å²) in [5.41, 5.74) is 9.31. The quantitative estimate of drug-likeness (QED) is 0.412. The smallest absolute Gasteiger partial charge is 0.195 e. The van der Waals surface area contributed by atoms with Gasteiger partial charge in [-0.1, -0.05) is 48.5 Å². The van der Waals surface area contributed by atoms with Gasteiger partial charge in [0.1, 0.15) is 5.75 Å². The van der Waals surface area contributed by atoms with E-state index in [0.29, 0.717) is 33.4 Å². The van der Waals surface area contributed by atoms with Crippen molar-refractivity contribution in [2.24, 2.45) is 0 Å². The van der Waals surface area contributed by atoms with Crippen LogP contribution in [0.5, 0.6) is 5.75 Å². The van der Waals surface area contributed by atoms with E-state index in [2.05, 4.69) is 0 Å². The van der Waals surface area contributed by atoms with Crippen molar-refractivity contribution in [2.75, 3.05) is 5.73 Å². The van der Waals surface area contributed by atoms with Crippen LogP contribution in [0.25, 0.3) is 11.1 Å². The molecule has 1 aliphatic rings. The molecule has 1 aliphatic carbocycles. The summed E-state index contributed by atoms with van der Waals surface area (Å²) in [5, 5.41) is 10.5. The zero-order valence-corrected chi connectivity index (χ0v) is 13.5. The van der Waals surface area contributed by atoms with Gasteiger partial charge in [0.05, 0.1) is 5.69 Å². The van der Waals surface area contributed by atoms with Crippen molar-refractivity contribution in [2.45, 2.75) is 6.92 Å². The summed E-state index contributed by atoms with van der Waals surface area (Å²) in [6.45, 7) is 1.83. The Kier molecular flexibility index (Phi) is 3.22. The highest BCUT2D eigenvalue weighted by Crippen LogP contribution is 2.41. The average molecular weight is 329 g/mol. The molecule has 4 nitrogen and oxygen atoms in total. The number of hydrogen-bond acceptors (Lipinski definition) is 4. The summed E-state index contributed by atoms with van der Waals surface area (Å²) >= 11 is 0. The second-order valence-electron chi connectivity index (χ2n) is 6.13. The third kappa shape index (κ3) is 2.08. The van der Waals surface area contributed by atoms with E-state index >= 15 is 0 Å². The fourth-order valence-electron chi connectivity index (χ4n) is 3.40. The van der Waals surface area contributed by atoms with Gasteiger partial charge in [-0.25, -0.2) is 0 Å². The normalized spacial score (nSPS) is 12.7. The van der Waals surface area contributed by atoms with E-state index in [1.165, 1.54) is 0 Å². The number of phenols is 1. The lowest BCUT2D eigenvalue weighted by Crippen LogP contribution is -2.21. The number of carbonyl (C=O) groups is 2. The van der Waals surface area contributed by atoms with Crippen molar-refractivity contribution in [1.29, 1.82) is 0 Å². The molecule has 3 N–H and O–H groups in total. The molecule has 0 amide bonds. The molecule has 122 valence electrons. The SMILES string of the molecule is Cc1ccc(N)c(O)c1-c1cccc2c1C(=O)c1ccccc1C2=O. The maximum Gasteiger partial charge on any atom is 0.195 e. The number of carbonyl (C=O) groups excluding carboxylic acids is 2. The number of nitrogens with two attached hydrogens (primary N) is 1. The predicted octanol–water partition coefficient (Wildman–Crippen LogP) is 3.73. The summed E-state index contributed by atoms with van der Waals surface area (Å²) in [5.74, 6) is -0.484. The molecule has 0 atom stereocenters. The van der Waals surface area contributed by atoms with Crippen LogP contribution in [0.1, 0.15) is 37.4 Å². The van der Waals surface area contributed by atoms with Gasteiger partial charge >= 0.3 is 0 Å². The van der Waals surface area contributed by atoms with Crippen LogP contribution in [-0.2, 0) is 0 Å². The highest BCUT2D eigenvalue weighted by molar-refractivity contribution is 6.30. The van der Waals surface area contributed by atoms with Crippen LogP contribution in [0.3, 0.4) is 0 Å². The molecule has 4 heteroatoms. The van der Waals surface area contributed by atoms with Crippen LogP contribution in [0.2, 0.25) is 0 Å². The van der Waals surface area contributed by atoms with Crippen LogP contribution in [0.15, 0.2) is 54.6 Å². The molecule has 0 fully saturated rings. The highest BCUT2D eigenvalue weighted by Gasteiger charge is 2.32. The second kappa shape index (κ2) is 5.31. The number of aryl methyl sites for hydroxylation is 1. The molecule has 0 unspecified atom stereocenters. The van der Waals surface area contributed by atoms with E-state index in [-0.39, 0.29) is 23.0 Å². The van der Waals surface area contributed by atoms with E-state index in [4.69, 9.17) is 5.73 Å². The number of rotatable bonds is 1. The lowest BCUT2D eigenvalue weighted by atomic mass is 9.80. The van der Waals surface area contributed by atoms with Gasteiger partial charge in [0.15, 0.2) is 11.6 Å². The summed E-state index contributed by atoms with van der Waals surface area (Å²) in [6, 6.07) is 15.3. The van der Waals surface area contributed by atoms with Crippen molar-refractivity contribution in [3.05, 3.63) is 82.4 Å². The Hall–Kier alpha value is -3.40. The summed E-state index contributed by atoms with van der Waals surface area (Å²) in [4.78, 5) is 25.9. The fourth-order valence-corrected chi connectivity index (χ4v) is 3.40. The van der Waals surface area contributed by atoms with Crippen LogP contribution >= 0.6 is 0 Å². The third-order valence-electron chi connectivity index (χ3n) is 4.64. The Labute approximate surface area is 144 Å². The first-order valence-electron chi connectivity index (χ1n) is 7.90. The molecule has 0 bridgehead atoms. The topological polar surface area (TPSA) is 80.4 Å². The second-order valence-corrected chi connectivity index (χ2v) is 6.13. The molecule has 0 radical (unpaired) electrons. The van der Waals surface area contributed by atoms with Crippen molar-refractivity contribution >= 4 is 17.3 Å². The minimum absolute atomic E-state index is 0.0764. The maximum absolute atomic E-state index is 13.1. The number of aromatic hydroxyl groups is 1. The van der Waals surface area contributed by atoms with Crippen LogP contribution in [-0.4, -0.2) is 16.7 Å². The summed E-state index contributed by atoms with van der Waals surface area (Å²) in [7, 11) is 0. The van der Waals surface area contributed by atoms with Gasteiger partial charge in [-0.15, -0.1) is 0 Å². The number of ketones is 2. The largest absolute Gasteiger partial charge is 0.505 e. The van der Waals surface area contributed by atoms with Crippen molar-refractivity contribution in [3.63, 3.8) is 0 Å². The number of anilines is 1. The Morgan fingerprint density at radius 2 is 1.32 bits per heavy atom. The van der Waals surface area contributed by atoms with Crippen molar-refractivity contribution in [1.82, 2.24) is 0 Å². The van der Waals surface area contributed by atoms with Gasteiger partial charge in [0, 0.05) is 27.8 Å². The molecule has 25 heavy (non-hydrogen) atoms. The third-order valence-corrected chi connectivity index (χ3v) is 4.64. The fraction of sp³-hybridized carbons (Fsp3) is 0.0476. The standard InChI is InChI=1S/C21H15NO3/c1-11-9-10-16(22)21(25)17(11)14-7-4-8-15-18(14)20(24)13-6-3-2-5-12(13)19(15)23/h2-10,25H,22H2,1H3. The van der Waals surface area contributed by atoms with Crippen molar-refractivity contribution < 1.29 is 14.7 Å². The molecule has 0 spiro atoms.